The topological polar surface area (TPSA) is 3.24 Å². The van der Waals surface area contributed by atoms with Crippen LogP contribution in [0.2, 0.25) is 10.0 Å². The molecule has 0 saturated heterocycles. The molecule has 0 aliphatic heterocycles. The van der Waals surface area contributed by atoms with E-state index in [1.54, 1.807) is 0 Å². The summed E-state index contributed by atoms with van der Waals surface area (Å²) in [5.41, 5.74) is 2.23. The SMILES string of the molecule is CCc1c(Cl)cc(CN(C(C)C)C(C)C)cc1Cl. The van der Waals surface area contributed by atoms with Gasteiger partial charge < -0.3 is 0 Å². The Kier molecular flexibility index (Phi) is 5.97. The molecule has 0 radical (unpaired) electrons. The molecule has 0 amide bonds. The summed E-state index contributed by atoms with van der Waals surface area (Å²) in [4.78, 5) is 2.42. The quantitative estimate of drug-likeness (QED) is 0.722. The van der Waals surface area contributed by atoms with Gasteiger partial charge in [-0.1, -0.05) is 30.1 Å². The van der Waals surface area contributed by atoms with Crippen LogP contribution in [0.5, 0.6) is 0 Å². The molecule has 3 heteroatoms. The summed E-state index contributed by atoms with van der Waals surface area (Å²) in [5.74, 6) is 0. The molecule has 0 aliphatic carbocycles. The maximum atomic E-state index is 6.27. The van der Waals surface area contributed by atoms with E-state index in [4.69, 9.17) is 23.2 Å². The molecule has 18 heavy (non-hydrogen) atoms. The molecular formula is C15H23Cl2N. The lowest BCUT2D eigenvalue weighted by molar-refractivity contribution is 0.166. The molecule has 0 fully saturated rings. The lowest BCUT2D eigenvalue weighted by Gasteiger charge is -2.30. The van der Waals surface area contributed by atoms with Crippen molar-refractivity contribution in [2.45, 2.75) is 59.7 Å². The van der Waals surface area contributed by atoms with E-state index in [2.05, 4.69) is 39.5 Å². The van der Waals surface area contributed by atoms with Gasteiger partial charge in [0, 0.05) is 28.7 Å². The van der Waals surface area contributed by atoms with Gasteiger partial charge in [0.25, 0.3) is 0 Å². The molecule has 1 nitrogen and oxygen atoms in total. The van der Waals surface area contributed by atoms with Gasteiger partial charge in [-0.15, -0.1) is 0 Å². The lowest BCUT2D eigenvalue weighted by atomic mass is 10.1. The first kappa shape index (κ1) is 15.8. The van der Waals surface area contributed by atoms with Crippen LogP contribution >= 0.6 is 23.2 Å². The van der Waals surface area contributed by atoms with Crippen molar-refractivity contribution < 1.29 is 0 Å². The fraction of sp³-hybridized carbons (Fsp3) is 0.600. The average Bonchev–Trinajstić information content (AvgIpc) is 2.24. The highest BCUT2D eigenvalue weighted by atomic mass is 35.5. The highest BCUT2D eigenvalue weighted by molar-refractivity contribution is 6.36. The lowest BCUT2D eigenvalue weighted by Crippen LogP contribution is -2.36. The van der Waals surface area contributed by atoms with Crippen molar-refractivity contribution in [3.63, 3.8) is 0 Å². The number of halogens is 2. The second kappa shape index (κ2) is 6.79. The largest absolute Gasteiger partial charge is 0.294 e. The van der Waals surface area contributed by atoms with Crippen molar-refractivity contribution in [1.82, 2.24) is 4.90 Å². The van der Waals surface area contributed by atoms with Crippen LogP contribution < -0.4 is 0 Å². The van der Waals surface area contributed by atoms with Crippen LogP contribution in [0.25, 0.3) is 0 Å². The van der Waals surface area contributed by atoms with E-state index in [0.717, 1.165) is 28.6 Å². The molecule has 1 aromatic rings. The molecule has 0 N–H and O–H groups in total. The first-order valence-electron chi connectivity index (χ1n) is 6.59. The van der Waals surface area contributed by atoms with Gasteiger partial charge in [0.2, 0.25) is 0 Å². The summed E-state index contributed by atoms with van der Waals surface area (Å²) in [6, 6.07) is 5.11. The monoisotopic (exact) mass is 287 g/mol. The zero-order chi connectivity index (χ0) is 13.9. The fourth-order valence-electron chi connectivity index (χ4n) is 2.26. The van der Waals surface area contributed by atoms with Crippen molar-refractivity contribution in [2.24, 2.45) is 0 Å². The zero-order valence-electron chi connectivity index (χ0n) is 11.9. The van der Waals surface area contributed by atoms with E-state index >= 15 is 0 Å². The highest BCUT2D eigenvalue weighted by Crippen LogP contribution is 2.28. The van der Waals surface area contributed by atoms with Gasteiger partial charge in [-0.2, -0.15) is 0 Å². The van der Waals surface area contributed by atoms with Crippen LogP contribution in [0.4, 0.5) is 0 Å². The molecule has 0 unspecified atom stereocenters. The molecule has 1 rings (SSSR count). The summed E-state index contributed by atoms with van der Waals surface area (Å²) < 4.78 is 0. The molecular weight excluding hydrogens is 265 g/mol. The first-order valence-corrected chi connectivity index (χ1v) is 7.34. The Morgan fingerprint density at radius 1 is 1.00 bits per heavy atom. The van der Waals surface area contributed by atoms with Crippen LogP contribution in [0.1, 0.15) is 45.7 Å². The molecule has 0 aromatic heterocycles. The van der Waals surface area contributed by atoms with Crippen LogP contribution in [0.15, 0.2) is 12.1 Å². The number of benzene rings is 1. The van der Waals surface area contributed by atoms with Gasteiger partial charge in [0.15, 0.2) is 0 Å². The van der Waals surface area contributed by atoms with Crippen molar-refractivity contribution in [3.05, 3.63) is 33.3 Å². The zero-order valence-corrected chi connectivity index (χ0v) is 13.4. The second-order valence-electron chi connectivity index (χ2n) is 5.25. The predicted octanol–water partition coefficient (Wildman–Crippen LogP) is 5.17. The molecule has 0 aliphatic rings. The van der Waals surface area contributed by atoms with Gasteiger partial charge in [-0.05, 0) is 57.4 Å². The number of rotatable bonds is 5. The van der Waals surface area contributed by atoms with Gasteiger partial charge in [0.05, 0.1) is 0 Å². The van der Waals surface area contributed by atoms with Crippen LogP contribution in [0.3, 0.4) is 0 Å². The summed E-state index contributed by atoms with van der Waals surface area (Å²) in [6.45, 7) is 11.8. The van der Waals surface area contributed by atoms with Crippen molar-refractivity contribution in [3.8, 4) is 0 Å². The Morgan fingerprint density at radius 3 is 1.78 bits per heavy atom. The highest BCUT2D eigenvalue weighted by Gasteiger charge is 2.15. The van der Waals surface area contributed by atoms with Crippen LogP contribution in [-0.4, -0.2) is 17.0 Å². The summed E-state index contributed by atoms with van der Waals surface area (Å²) in [5, 5.41) is 1.57. The molecule has 0 bridgehead atoms. The maximum Gasteiger partial charge on any atom is 0.0455 e. The Hall–Kier alpha value is -0.240. The average molecular weight is 288 g/mol. The van der Waals surface area contributed by atoms with Crippen LogP contribution in [0, 0.1) is 0 Å². The first-order chi connectivity index (χ1) is 8.36. The second-order valence-corrected chi connectivity index (χ2v) is 6.07. The van der Waals surface area contributed by atoms with E-state index in [0.29, 0.717) is 12.1 Å². The third-order valence-corrected chi connectivity index (χ3v) is 3.92. The van der Waals surface area contributed by atoms with E-state index in [9.17, 15) is 0 Å². The molecule has 102 valence electrons. The van der Waals surface area contributed by atoms with Crippen LogP contribution in [-0.2, 0) is 13.0 Å². The third-order valence-electron chi connectivity index (χ3n) is 3.25. The van der Waals surface area contributed by atoms with Crippen molar-refractivity contribution >= 4 is 23.2 Å². The Bertz CT molecular complexity index is 368. The van der Waals surface area contributed by atoms with E-state index in [1.165, 1.54) is 5.56 Å². The maximum absolute atomic E-state index is 6.27. The molecule has 0 saturated carbocycles. The Morgan fingerprint density at radius 2 is 1.44 bits per heavy atom. The van der Waals surface area contributed by atoms with E-state index in [1.807, 2.05) is 12.1 Å². The van der Waals surface area contributed by atoms with Gasteiger partial charge in [0.1, 0.15) is 0 Å². The molecule has 0 heterocycles. The fourth-order valence-corrected chi connectivity index (χ4v) is 3.06. The minimum absolute atomic E-state index is 0.508. The predicted molar refractivity (Wildman–Crippen MR) is 81.7 cm³/mol. The normalized spacial score (nSPS) is 11.9. The standard InChI is InChI=1S/C15H23Cl2N/c1-6-13-14(16)7-12(8-15(13)17)9-18(10(2)3)11(4)5/h7-8,10-11H,6,9H2,1-5H3. The van der Waals surface area contributed by atoms with E-state index < -0.39 is 0 Å². The minimum Gasteiger partial charge on any atom is -0.294 e. The summed E-state index contributed by atoms with van der Waals surface area (Å²) in [6.07, 6.45) is 0.871. The van der Waals surface area contributed by atoms with Crippen molar-refractivity contribution in [1.29, 1.82) is 0 Å². The summed E-state index contributed by atoms with van der Waals surface area (Å²) in [7, 11) is 0. The van der Waals surface area contributed by atoms with Gasteiger partial charge in [-0.3, -0.25) is 4.90 Å². The minimum atomic E-state index is 0.508. The number of hydrogen-bond donors (Lipinski definition) is 0. The molecule has 1 aromatic carbocycles. The summed E-state index contributed by atoms with van der Waals surface area (Å²) >= 11 is 12.5. The molecule has 0 spiro atoms. The van der Waals surface area contributed by atoms with Gasteiger partial charge in [-0.25, -0.2) is 0 Å². The molecule has 0 atom stereocenters. The smallest absolute Gasteiger partial charge is 0.0455 e. The number of nitrogens with zero attached hydrogens (tertiary/aromatic N) is 1. The Labute approximate surface area is 121 Å². The van der Waals surface area contributed by atoms with Crippen molar-refractivity contribution in [2.75, 3.05) is 0 Å². The van der Waals surface area contributed by atoms with E-state index in [-0.39, 0.29) is 0 Å². The van der Waals surface area contributed by atoms with Gasteiger partial charge >= 0.3 is 0 Å². The number of hydrogen-bond acceptors (Lipinski definition) is 1. The third kappa shape index (κ3) is 3.88. The Balaban J connectivity index is 2.98.